The SMILES string of the molecule is O=C(NCc1cccs1)c1nc(CS(=O)(=O)c2ccccc2)no1. The Balaban J connectivity index is 1.66. The van der Waals surface area contributed by atoms with Gasteiger partial charge in [0, 0.05) is 4.88 Å². The second kappa shape index (κ2) is 6.93. The average molecular weight is 363 g/mol. The minimum Gasteiger partial charge on any atom is -0.343 e. The van der Waals surface area contributed by atoms with Crippen molar-refractivity contribution in [2.45, 2.75) is 17.2 Å². The molecule has 9 heteroatoms. The molecular formula is C15H13N3O4S2. The largest absolute Gasteiger partial charge is 0.343 e. The molecular weight excluding hydrogens is 350 g/mol. The molecule has 2 heterocycles. The number of amides is 1. The third-order valence-corrected chi connectivity index (χ3v) is 5.59. The lowest BCUT2D eigenvalue weighted by molar-refractivity contribution is 0.0907. The highest BCUT2D eigenvalue weighted by molar-refractivity contribution is 7.90. The average Bonchev–Trinajstić information content (AvgIpc) is 3.25. The highest BCUT2D eigenvalue weighted by atomic mass is 32.2. The lowest BCUT2D eigenvalue weighted by Gasteiger charge is -2.00. The summed E-state index contributed by atoms with van der Waals surface area (Å²) in [5, 5.41) is 8.11. The smallest absolute Gasteiger partial charge is 0.315 e. The Morgan fingerprint density at radius 3 is 2.67 bits per heavy atom. The summed E-state index contributed by atoms with van der Waals surface area (Å²) in [5.41, 5.74) is 0. The van der Waals surface area contributed by atoms with Crippen LogP contribution in [0.5, 0.6) is 0 Å². The monoisotopic (exact) mass is 363 g/mol. The van der Waals surface area contributed by atoms with Crippen LogP contribution in [-0.4, -0.2) is 24.5 Å². The van der Waals surface area contributed by atoms with Crippen LogP contribution in [0.1, 0.15) is 21.4 Å². The zero-order chi connectivity index (χ0) is 17.0. The number of rotatable bonds is 6. The van der Waals surface area contributed by atoms with Gasteiger partial charge in [-0.3, -0.25) is 4.79 Å². The van der Waals surface area contributed by atoms with E-state index in [1.54, 1.807) is 18.2 Å². The summed E-state index contributed by atoms with van der Waals surface area (Å²) in [5.74, 6) is -1.29. The molecule has 0 fully saturated rings. The quantitative estimate of drug-likeness (QED) is 0.719. The fourth-order valence-corrected chi connectivity index (χ4v) is 3.78. The second-order valence-corrected chi connectivity index (χ2v) is 7.87. The van der Waals surface area contributed by atoms with Gasteiger partial charge in [0.25, 0.3) is 0 Å². The van der Waals surface area contributed by atoms with Crippen LogP contribution >= 0.6 is 11.3 Å². The maximum Gasteiger partial charge on any atom is 0.315 e. The molecule has 7 nitrogen and oxygen atoms in total. The third-order valence-electron chi connectivity index (χ3n) is 3.09. The van der Waals surface area contributed by atoms with Gasteiger partial charge in [0.2, 0.25) is 0 Å². The van der Waals surface area contributed by atoms with Gasteiger partial charge in [-0.2, -0.15) is 4.98 Å². The van der Waals surface area contributed by atoms with Crippen LogP contribution in [0, 0.1) is 0 Å². The lowest BCUT2D eigenvalue weighted by Crippen LogP contribution is -2.22. The molecule has 0 saturated carbocycles. The molecule has 1 aromatic carbocycles. The van der Waals surface area contributed by atoms with Crippen molar-refractivity contribution in [3.63, 3.8) is 0 Å². The second-order valence-electron chi connectivity index (χ2n) is 4.85. The van der Waals surface area contributed by atoms with E-state index in [4.69, 9.17) is 4.52 Å². The number of sulfone groups is 1. The molecule has 1 N–H and O–H groups in total. The van der Waals surface area contributed by atoms with Crippen LogP contribution < -0.4 is 5.32 Å². The summed E-state index contributed by atoms with van der Waals surface area (Å²) in [6.07, 6.45) is 0. The predicted molar refractivity (Wildman–Crippen MR) is 87.1 cm³/mol. The van der Waals surface area contributed by atoms with Gasteiger partial charge in [-0.15, -0.1) is 11.3 Å². The molecule has 0 aliphatic heterocycles. The number of benzene rings is 1. The van der Waals surface area contributed by atoms with Gasteiger partial charge in [-0.1, -0.05) is 29.4 Å². The number of carbonyl (C=O) groups is 1. The maximum atomic E-state index is 12.2. The first-order chi connectivity index (χ1) is 11.5. The van der Waals surface area contributed by atoms with E-state index in [9.17, 15) is 13.2 Å². The molecule has 24 heavy (non-hydrogen) atoms. The first-order valence-electron chi connectivity index (χ1n) is 6.95. The normalized spacial score (nSPS) is 11.3. The fraction of sp³-hybridized carbons (Fsp3) is 0.133. The minimum absolute atomic E-state index is 0.0554. The van der Waals surface area contributed by atoms with Crippen LogP contribution in [-0.2, 0) is 22.1 Å². The van der Waals surface area contributed by atoms with E-state index in [1.165, 1.54) is 23.5 Å². The zero-order valence-corrected chi connectivity index (χ0v) is 14.0. The molecule has 0 bridgehead atoms. The zero-order valence-electron chi connectivity index (χ0n) is 12.4. The number of nitrogens with one attached hydrogen (secondary N) is 1. The Morgan fingerprint density at radius 2 is 1.96 bits per heavy atom. The summed E-state index contributed by atoms with van der Waals surface area (Å²) in [6, 6.07) is 11.7. The molecule has 2 aromatic heterocycles. The highest BCUT2D eigenvalue weighted by Crippen LogP contribution is 2.14. The van der Waals surface area contributed by atoms with E-state index in [-0.39, 0.29) is 16.6 Å². The number of hydrogen-bond donors (Lipinski definition) is 1. The summed E-state index contributed by atoms with van der Waals surface area (Å²) >= 11 is 1.51. The standard InChI is InChI=1S/C15H13N3O4S2/c19-14(16-9-11-5-4-8-23-11)15-17-13(18-22-15)10-24(20,21)12-6-2-1-3-7-12/h1-8H,9-10H2,(H,16,19). The Labute approximate surface area is 142 Å². The molecule has 0 aliphatic rings. The van der Waals surface area contributed by atoms with Crippen molar-refractivity contribution in [3.05, 3.63) is 64.4 Å². The molecule has 0 atom stereocenters. The first-order valence-corrected chi connectivity index (χ1v) is 9.49. The Kier molecular flexibility index (Phi) is 4.72. The van der Waals surface area contributed by atoms with E-state index < -0.39 is 21.5 Å². The molecule has 0 spiro atoms. The van der Waals surface area contributed by atoms with Gasteiger partial charge in [-0.25, -0.2) is 8.42 Å². The molecule has 0 aliphatic carbocycles. The molecule has 3 rings (SSSR count). The Hall–Kier alpha value is -2.52. The van der Waals surface area contributed by atoms with Gasteiger partial charge in [-0.05, 0) is 23.6 Å². The van der Waals surface area contributed by atoms with Crippen LogP contribution in [0.3, 0.4) is 0 Å². The molecule has 124 valence electrons. The molecule has 0 saturated heterocycles. The van der Waals surface area contributed by atoms with Crippen LogP contribution in [0.4, 0.5) is 0 Å². The van der Waals surface area contributed by atoms with Gasteiger partial charge in [0.05, 0.1) is 11.4 Å². The van der Waals surface area contributed by atoms with E-state index in [1.807, 2.05) is 17.5 Å². The molecule has 0 unspecified atom stereocenters. The fourth-order valence-electron chi connectivity index (χ4n) is 1.94. The first kappa shape index (κ1) is 16.3. The number of nitrogens with zero attached hydrogens (tertiary/aromatic N) is 2. The Morgan fingerprint density at radius 1 is 1.17 bits per heavy atom. The predicted octanol–water partition coefficient (Wildman–Crippen LogP) is 2.04. The van der Waals surface area contributed by atoms with Crippen LogP contribution in [0.2, 0.25) is 0 Å². The van der Waals surface area contributed by atoms with Crippen molar-refractivity contribution in [3.8, 4) is 0 Å². The van der Waals surface area contributed by atoms with Crippen molar-refractivity contribution < 1.29 is 17.7 Å². The van der Waals surface area contributed by atoms with E-state index >= 15 is 0 Å². The van der Waals surface area contributed by atoms with Gasteiger partial charge in [0.15, 0.2) is 15.7 Å². The summed E-state index contributed by atoms with van der Waals surface area (Å²) in [4.78, 5) is 16.9. The van der Waals surface area contributed by atoms with Crippen LogP contribution in [0.25, 0.3) is 0 Å². The van der Waals surface area contributed by atoms with E-state index in [0.717, 1.165) is 4.88 Å². The van der Waals surface area contributed by atoms with Crippen molar-refractivity contribution in [1.29, 1.82) is 0 Å². The summed E-state index contributed by atoms with van der Waals surface area (Å²) < 4.78 is 29.3. The number of carbonyl (C=O) groups excluding carboxylic acids is 1. The van der Waals surface area contributed by atoms with Crippen molar-refractivity contribution in [2.24, 2.45) is 0 Å². The minimum atomic E-state index is -3.59. The Bertz CT molecular complexity index is 919. The summed E-state index contributed by atoms with van der Waals surface area (Å²) in [7, 11) is -3.59. The lowest BCUT2D eigenvalue weighted by atomic mass is 10.4. The van der Waals surface area contributed by atoms with E-state index in [0.29, 0.717) is 6.54 Å². The van der Waals surface area contributed by atoms with E-state index in [2.05, 4.69) is 15.5 Å². The van der Waals surface area contributed by atoms with Crippen molar-refractivity contribution in [2.75, 3.05) is 0 Å². The molecule has 1 amide bonds. The molecule has 0 radical (unpaired) electrons. The van der Waals surface area contributed by atoms with Gasteiger partial charge < -0.3 is 9.84 Å². The maximum absolute atomic E-state index is 12.2. The van der Waals surface area contributed by atoms with Gasteiger partial charge >= 0.3 is 11.8 Å². The van der Waals surface area contributed by atoms with Gasteiger partial charge in [0.1, 0.15) is 5.75 Å². The summed E-state index contributed by atoms with van der Waals surface area (Å²) in [6.45, 7) is 0.344. The topological polar surface area (TPSA) is 102 Å². The van der Waals surface area contributed by atoms with Crippen LogP contribution in [0.15, 0.2) is 57.3 Å². The number of aromatic nitrogens is 2. The molecule has 3 aromatic rings. The third kappa shape index (κ3) is 3.87. The number of hydrogen-bond acceptors (Lipinski definition) is 7. The van der Waals surface area contributed by atoms with Crippen molar-refractivity contribution in [1.82, 2.24) is 15.5 Å². The highest BCUT2D eigenvalue weighted by Gasteiger charge is 2.21. The number of thiophene rings is 1. The van der Waals surface area contributed by atoms with Crippen molar-refractivity contribution >= 4 is 27.1 Å².